The molecule has 0 N–H and O–H groups in total. The number of aryl methyl sites for hydroxylation is 2. The zero-order chi connectivity index (χ0) is 25.2. The monoisotopic (exact) mass is 498 g/mol. The highest BCUT2D eigenvalue weighted by Gasteiger charge is 2.30. The third kappa shape index (κ3) is 6.08. The van der Waals surface area contributed by atoms with Gasteiger partial charge in [0.05, 0.1) is 13.2 Å². The van der Waals surface area contributed by atoms with Gasteiger partial charge >= 0.3 is 6.18 Å². The van der Waals surface area contributed by atoms with Crippen LogP contribution in [0.1, 0.15) is 36.3 Å². The summed E-state index contributed by atoms with van der Waals surface area (Å²) in [6.07, 6.45) is -4.04. The van der Waals surface area contributed by atoms with Crippen LogP contribution in [0.2, 0.25) is 0 Å². The van der Waals surface area contributed by atoms with Crippen molar-refractivity contribution >= 4 is 10.8 Å². The third-order valence-corrected chi connectivity index (χ3v) is 6.00. The molecule has 1 fully saturated rings. The van der Waals surface area contributed by atoms with Gasteiger partial charge in [-0.1, -0.05) is 31.2 Å². The SMILES string of the molecule is CCC1COC(c2ccc3c(F)c(CCc4cc(F)c(OCC(F)(F)F)c(F)c4)ccc3c2)OC1. The number of hydrogen-bond donors (Lipinski definition) is 0. The molecule has 188 valence electrons. The van der Waals surface area contributed by atoms with Gasteiger partial charge in [-0.05, 0) is 54.0 Å². The molecule has 1 aliphatic heterocycles. The summed E-state index contributed by atoms with van der Waals surface area (Å²) >= 11 is 0. The molecule has 0 unspecified atom stereocenters. The number of rotatable bonds is 7. The van der Waals surface area contributed by atoms with Gasteiger partial charge in [0.1, 0.15) is 5.82 Å². The summed E-state index contributed by atoms with van der Waals surface area (Å²) in [5, 5.41) is 1.05. The van der Waals surface area contributed by atoms with Gasteiger partial charge < -0.3 is 14.2 Å². The van der Waals surface area contributed by atoms with E-state index in [0.29, 0.717) is 35.5 Å². The molecule has 0 amide bonds. The molecule has 0 atom stereocenters. The van der Waals surface area contributed by atoms with Crippen LogP contribution in [0.3, 0.4) is 0 Å². The van der Waals surface area contributed by atoms with E-state index in [9.17, 15) is 22.0 Å². The smallest absolute Gasteiger partial charge is 0.422 e. The fourth-order valence-corrected chi connectivity index (χ4v) is 3.99. The maximum absolute atomic E-state index is 15.1. The highest BCUT2D eigenvalue weighted by Crippen LogP contribution is 2.31. The quantitative estimate of drug-likeness (QED) is 0.327. The van der Waals surface area contributed by atoms with Crippen molar-refractivity contribution < 1.29 is 40.6 Å². The lowest BCUT2D eigenvalue weighted by Crippen LogP contribution is -2.26. The molecule has 4 rings (SSSR count). The Morgan fingerprint density at radius 1 is 0.914 bits per heavy atom. The van der Waals surface area contributed by atoms with Crippen molar-refractivity contribution in [2.45, 2.75) is 38.7 Å². The second kappa shape index (κ2) is 10.5. The largest absolute Gasteiger partial charge is 0.478 e. The van der Waals surface area contributed by atoms with Gasteiger partial charge in [0.25, 0.3) is 0 Å². The first-order valence-corrected chi connectivity index (χ1v) is 11.3. The van der Waals surface area contributed by atoms with E-state index in [1.165, 1.54) is 0 Å². The molecule has 0 saturated carbocycles. The summed E-state index contributed by atoms with van der Waals surface area (Å²) in [5.74, 6) is -3.66. The van der Waals surface area contributed by atoms with E-state index in [2.05, 4.69) is 11.7 Å². The second-order valence-corrected chi connectivity index (χ2v) is 8.58. The van der Waals surface area contributed by atoms with E-state index in [0.717, 1.165) is 24.1 Å². The molecule has 1 aliphatic rings. The third-order valence-electron chi connectivity index (χ3n) is 6.00. The van der Waals surface area contributed by atoms with Crippen molar-refractivity contribution in [1.29, 1.82) is 0 Å². The van der Waals surface area contributed by atoms with Crippen LogP contribution in [-0.2, 0) is 22.3 Å². The first kappa shape index (κ1) is 25.3. The number of benzene rings is 3. The maximum Gasteiger partial charge on any atom is 0.422 e. The van der Waals surface area contributed by atoms with Crippen molar-refractivity contribution in [2.75, 3.05) is 19.8 Å². The van der Waals surface area contributed by atoms with Crippen LogP contribution in [-0.4, -0.2) is 26.0 Å². The Morgan fingerprint density at radius 3 is 2.23 bits per heavy atom. The Morgan fingerprint density at radius 2 is 1.60 bits per heavy atom. The Balaban J connectivity index is 1.45. The number of ether oxygens (including phenoxy) is 3. The molecule has 0 bridgehead atoms. The topological polar surface area (TPSA) is 27.7 Å². The minimum atomic E-state index is -4.72. The van der Waals surface area contributed by atoms with Crippen molar-refractivity contribution in [3.63, 3.8) is 0 Å². The van der Waals surface area contributed by atoms with E-state index in [1.807, 2.05) is 6.07 Å². The predicted octanol–water partition coefficient (Wildman–Crippen LogP) is 7.06. The highest BCUT2D eigenvalue weighted by molar-refractivity contribution is 5.84. The molecular formula is C26H24F6O3. The molecule has 9 heteroatoms. The minimum absolute atomic E-state index is 0.0796. The van der Waals surface area contributed by atoms with Crippen LogP contribution in [0.4, 0.5) is 26.3 Å². The van der Waals surface area contributed by atoms with Gasteiger partial charge in [0.2, 0.25) is 0 Å². The Hall–Kier alpha value is -2.78. The van der Waals surface area contributed by atoms with Gasteiger partial charge in [-0.15, -0.1) is 0 Å². The summed E-state index contributed by atoms with van der Waals surface area (Å²) in [6, 6.07) is 10.4. The van der Waals surface area contributed by atoms with Crippen LogP contribution in [0.25, 0.3) is 10.8 Å². The van der Waals surface area contributed by atoms with Crippen molar-refractivity contribution in [3.8, 4) is 5.75 Å². The zero-order valence-electron chi connectivity index (χ0n) is 18.9. The van der Waals surface area contributed by atoms with E-state index in [-0.39, 0.29) is 18.4 Å². The molecule has 0 spiro atoms. The maximum atomic E-state index is 15.1. The van der Waals surface area contributed by atoms with Crippen LogP contribution >= 0.6 is 0 Å². The van der Waals surface area contributed by atoms with Gasteiger partial charge in [-0.2, -0.15) is 13.2 Å². The highest BCUT2D eigenvalue weighted by atomic mass is 19.4. The standard InChI is InChI=1S/C26H24F6O3/c1-2-15-12-33-25(34-13-15)19-7-8-20-18(11-19)6-5-17(23(20)29)4-3-16-9-21(27)24(22(28)10-16)35-14-26(30,31)32/h5-11,15,25H,2-4,12-14H2,1H3. The minimum Gasteiger partial charge on any atom is -0.478 e. The van der Waals surface area contributed by atoms with E-state index >= 15 is 4.39 Å². The summed E-state index contributed by atoms with van der Waals surface area (Å²) in [4.78, 5) is 0. The number of halogens is 6. The van der Waals surface area contributed by atoms with Gasteiger partial charge in [-0.25, -0.2) is 13.2 Å². The summed E-state index contributed by atoms with van der Waals surface area (Å²) in [7, 11) is 0. The average Bonchev–Trinajstić information content (AvgIpc) is 2.82. The van der Waals surface area contributed by atoms with Crippen molar-refractivity contribution in [3.05, 3.63) is 76.6 Å². The van der Waals surface area contributed by atoms with Gasteiger partial charge in [-0.3, -0.25) is 0 Å². The second-order valence-electron chi connectivity index (χ2n) is 8.58. The molecule has 1 heterocycles. The summed E-state index contributed by atoms with van der Waals surface area (Å²) < 4.78 is 95.9. The Labute approximate surface area is 198 Å². The number of fused-ring (bicyclic) bond motifs is 1. The number of alkyl halides is 3. The Bertz CT molecular complexity index is 1160. The first-order chi connectivity index (χ1) is 16.6. The molecular weight excluding hydrogens is 474 g/mol. The molecule has 0 aliphatic carbocycles. The normalized spacial score (nSPS) is 18.7. The lowest BCUT2D eigenvalue weighted by molar-refractivity contribution is -0.205. The Kier molecular flexibility index (Phi) is 7.56. The molecule has 1 saturated heterocycles. The summed E-state index contributed by atoms with van der Waals surface area (Å²) in [6.45, 7) is 1.47. The lowest BCUT2D eigenvalue weighted by atomic mass is 9.98. The molecule has 3 aromatic carbocycles. The van der Waals surface area contributed by atoms with Gasteiger partial charge in [0, 0.05) is 16.9 Å². The summed E-state index contributed by atoms with van der Waals surface area (Å²) in [5.41, 5.74) is 1.31. The zero-order valence-corrected chi connectivity index (χ0v) is 18.9. The van der Waals surface area contributed by atoms with Crippen LogP contribution < -0.4 is 4.74 Å². The van der Waals surface area contributed by atoms with Crippen LogP contribution in [0.15, 0.2) is 42.5 Å². The molecule has 0 aromatic heterocycles. The number of hydrogen-bond acceptors (Lipinski definition) is 3. The lowest BCUT2D eigenvalue weighted by Gasteiger charge is -2.29. The molecule has 3 aromatic rings. The molecule has 35 heavy (non-hydrogen) atoms. The fourth-order valence-electron chi connectivity index (χ4n) is 3.99. The van der Waals surface area contributed by atoms with Crippen molar-refractivity contribution in [1.82, 2.24) is 0 Å². The predicted molar refractivity (Wildman–Crippen MR) is 118 cm³/mol. The molecule has 3 nitrogen and oxygen atoms in total. The first-order valence-electron chi connectivity index (χ1n) is 11.3. The van der Waals surface area contributed by atoms with E-state index in [4.69, 9.17) is 9.47 Å². The van der Waals surface area contributed by atoms with Crippen LogP contribution in [0, 0.1) is 23.4 Å². The average molecular weight is 498 g/mol. The van der Waals surface area contributed by atoms with Gasteiger partial charge in [0.15, 0.2) is 30.3 Å². The fraction of sp³-hybridized carbons (Fsp3) is 0.385. The van der Waals surface area contributed by atoms with E-state index in [1.54, 1.807) is 24.3 Å². The molecule has 0 radical (unpaired) electrons. The van der Waals surface area contributed by atoms with E-state index < -0.39 is 42.3 Å². The van der Waals surface area contributed by atoms with Crippen LogP contribution in [0.5, 0.6) is 5.75 Å². The van der Waals surface area contributed by atoms with Crippen molar-refractivity contribution in [2.24, 2.45) is 5.92 Å².